The second-order valence-electron chi connectivity index (χ2n) is 5.68. The molecule has 0 radical (unpaired) electrons. The molecule has 1 aromatic heterocycles. The maximum atomic E-state index is 12.2. The summed E-state index contributed by atoms with van der Waals surface area (Å²) in [4.78, 5) is 17.9. The zero-order valence-electron chi connectivity index (χ0n) is 12.4. The number of urea groups is 1. The van der Waals surface area contributed by atoms with Gasteiger partial charge in [-0.25, -0.2) is 4.79 Å². The second kappa shape index (κ2) is 6.87. The van der Waals surface area contributed by atoms with Gasteiger partial charge in [-0.15, -0.1) is 0 Å². The summed E-state index contributed by atoms with van der Waals surface area (Å²) in [6, 6.07) is 1.76. The Balaban J connectivity index is 1.88. The van der Waals surface area contributed by atoms with Gasteiger partial charge in [-0.3, -0.25) is 4.98 Å². The average molecular weight is 293 g/mol. The highest BCUT2D eigenvalue weighted by atomic mass is 16.3. The summed E-state index contributed by atoms with van der Waals surface area (Å²) in [5.74, 6) is 0. The Hall–Kier alpha value is -1.66. The first-order chi connectivity index (χ1) is 10.0. The third kappa shape index (κ3) is 4.15. The van der Waals surface area contributed by atoms with Gasteiger partial charge in [0.15, 0.2) is 0 Å². The van der Waals surface area contributed by atoms with E-state index in [0.29, 0.717) is 38.9 Å². The number of likely N-dealkylation sites (tertiary alicyclic amines) is 1. The van der Waals surface area contributed by atoms with Gasteiger partial charge in [0.2, 0.25) is 0 Å². The largest absolute Gasteiger partial charge is 0.393 e. The van der Waals surface area contributed by atoms with Crippen molar-refractivity contribution >= 4 is 6.03 Å². The molecule has 0 spiro atoms. The van der Waals surface area contributed by atoms with Crippen LogP contribution in [-0.4, -0.2) is 51.4 Å². The lowest BCUT2D eigenvalue weighted by Crippen LogP contribution is -2.41. The SMILES string of the molecule is Cc1cnccc1CNC(=O)N1CCC[C@@](O)(CO)CC1. The van der Waals surface area contributed by atoms with Gasteiger partial charge in [0.25, 0.3) is 0 Å². The molecule has 0 saturated carbocycles. The minimum atomic E-state index is -1.04. The third-order valence-electron chi connectivity index (χ3n) is 4.07. The molecule has 1 atom stereocenters. The molecular formula is C15H23N3O3. The van der Waals surface area contributed by atoms with Crippen LogP contribution in [0.25, 0.3) is 0 Å². The molecule has 0 aliphatic carbocycles. The molecule has 3 N–H and O–H groups in total. The number of aromatic nitrogens is 1. The summed E-state index contributed by atoms with van der Waals surface area (Å²) in [6.45, 7) is 3.23. The Morgan fingerprint density at radius 3 is 3.00 bits per heavy atom. The van der Waals surface area contributed by atoms with Gasteiger partial charge in [0.05, 0.1) is 12.2 Å². The minimum Gasteiger partial charge on any atom is -0.393 e. The summed E-state index contributed by atoms with van der Waals surface area (Å²) in [5, 5.41) is 22.2. The summed E-state index contributed by atoms with van der Waals surface area (Å²) in [7, 11) is 0. The number of hydrogen-bond donors (Lipinski definition) is 3. The normalized spacial score (nSPS) is 22.7. The number of carbonyl (C=O) groups excluding carboxylic acids is 1. The van der Waals surface area contributed by atoms with Gasteiger partial charge in [0, 0.05) is 32.0 Å². The number of aliphatic hydroxyl groups excluding tert-OH is 1. The van der Waals surface area contributed by atoms with Crippen LogP contribution in [0, 0.1) is 6.92 Å². The van der Waals surface area contributed by atoms with Crippen LogP contribution in [0.2, 0.25) is 0 Å². The molecule has 0 bridgehead atoms. The molecule has 1 aliphatic heterocycles. The van der Waals surface area contributed by atoms with Crippen LogP contribution in [0.15, 0.2) is 18.5 Å². The van der Waals surface area contributed by atoms with Gasteiger partial charge in [-0.2, -0.15) is 0 Å². The lowest BCUT2D eigenvalue weighted by molar-refractivity contribution is -0.0248. The van der Waals surface area contributed by atoms with Gasteiger partial charge in [-0.05, 0) is 43.4 Å². The van der Waals surface area contributed by atoms with E-state index in [1.807, 2.05) is 13.0 Å². The van der Waals surface area contributed by atoms with Crippen molar-refractivity contribution in [3.8, 4) is 0 Å². The summed E-state index contributed by atoms with van der Waals surface area (Å²) in [5.41, 5.74) is 1.04. The Bertz CT molecular complexity index is 495. The van der Waals surface area contributed by atoms with Crippen LogP contribution in [0.1, 0.15) is 30.4 Å². The van der Waals surface area contributed by atoms with Gasteiger partial charge in [-0.1, -0.05) is 0 Å². The molecule has 0 aromatic carbocycles. The number of aryl methyl sites for hydroxylation is 1. The van der Waals surface area contributed by atoms with Crippen molar-refractivity contribution in [1.82, 2.24) is 15.2 Å². The van der Waals surface area contributed by atoms with Crippen LogP contribution in [-0.2, 0) is 6.54 Å². The fourth-order valence-corrected chi connectivity index (χ4v) is 2.52. The predicted octanol–water partition coefficient (Wildman–Crippen LogP) is 0.809. The highest BCUT2D eigenvalue weighted by molar-refractivity contribution is 5.74. The molecule has 1 fully saturated rings. The molecule has 0 unspecified atom stereocenters. The lowest BCUT2D eigenvalue weighted by atomic mass is 9.96. The van der Waals surface area contributed by atoms with E-state index in [1.54, 1.807) is 17.3 Å². The van der Waals surface area contributed by atoms with Crippen molar-refractivity contribution in [2.75, 3.05) is 19.7 Å². The van der Waals surface area contributed by atoms with E-state index in [0.717, 1.165) is 11.1 Å². The van der Waals surface area contributed by atoms with Crippen LogP contribution in [0.3, 0.4) is 0 Å². The Labute approximate surface area is 124 Å². The first-order valence-electron chi connectivity index (χ1n) is 7.29. The van der Waals surface area contributed by atoms with Crippen LogP contribution in [0.5, 0.6) is 0 Å². The number of aliphatic hydroxyl groups is 2. The fourth-order valence-electron chi connectivity index (χ4n) is 2.52. The number of nitrogens with one attached hydrogen (secondary N) is 1. The molecule has 2 amide bonds. The van der Waals surface area contributed by atoms with Crippen molar-refractivity contribution in [3.63, 3.8) is 0 Å². The van der Waals surface area contributed by atoms with Crippen LogP contribution in [0.4, 0.5) is 4.79 Å². The van der Waals surface area contributed by atoms with Crippen molar-refractivity contribution in [3.05, 3.63) is 29.6 Å². The highest BCUT2D eigenvalue weighted by Gasteiger charge is 2.30. The van der Waals surface area contributed by atoms with Crippen molar-refractivity contribution in [2.24, 2.45) is 0 Å². The molecule has 6 nitrogen and oxygen atoms in total. The molecule has 1 saturated heterocycles. The van der Waals surface area contributed by atoms with E-state index in [1.165, 1.54) is 0 Å². The second-order valence-corrected chi connectivity index (χ2v) is 5.68. The molecular weight excluding hydrogens is 270 g/mol. The van der Waals surface area contributed by atoms with Crippen LogP contribution >= 0.6 is 0 Å². The maximum Gasteiger partial charge on any atom is 0.317 e. The first-order valence-corrected chi connectivity index (χ1v) is 7.29. The van der Waals surface area contributed by atoms with Gasteiger partial charge < -0.3 is 20.4 Å². The molecule has 1 aliphatic rings. The number of carbonyl (C=O) groups is 1. The molecule has 6 heteroatoms. The standard InChI is InChI=1S/C15H23N3O3/c1-12-9-16-6-3-13(12)10-17-14(20)18-7-2-4-15(21,11-19)5-8-18/h3,6,9,19,21H,2,4-5,7-8,10-11H2,1H3,(H,17,20)/t15-/m0/s1. The van der Waals surface area contributed by atoms with E-state index >= 15 is 0 Å². The minimum absolute atomic E-state index is 0.131. The Kier molecular flexibility index (Phi) is 5.14. The van der Waals surface area contributed by atoms with Crippen molar-refractivity contribution in [1.29, 1.82) is 0 Å². The average Bonchev–Trinajstić information content (AvgIpc) is 2.69. The Morgan fingerprint density at radius 2 is 2.29 bits per heavy atom. The van der Waals surface area contributed by atoms with Crippen molar-refractivity contribution < 1.29 is 15.0 Å². The monoisotopic (exact) mass is 293 g/mol. The van der Waals surface area contributed by atoms with E-state index in [4.69, 9.17) is 0 Å². The number of nitrogens with zero attached hydrogens (tertiary/aromatic N) is 2. The highest BCUT2D eigenvalue weighted by Crippen LogP contribution is 2.21. The predicted molar refractivity (Wildman–Crippen MR) is 78.7 cm³/mol. The molecule has 2 rings (SSSR count). The van der Waals surface area contributed by atoms with Crippen LogP contribution < -0.4 is 5.32 Å². The number of amides is 2. The topological polar surface area (TPSA) is 85.7 Å². The lowest BCUT2D eigenvalue weighted by Gasteiger charge is -2.24. The molecule has 21 heavy (non-hydrogen) atoms. The van der Waals surface area contributed by atoms with Gasteiger partial charge >= 0.3 is 6.03 Å². The van der Waals surface area contributed by atoms with E-state index in [-0.39, 0.29) is 12.6 Å². The van der Waals surface area contributed by atoms with Gasteiger partial charge in [0.1, 0.15) is 0 Å². The third-order valence-corrected chi connectivity index (χ3v) is 4.07. The fraction of sp³-hybridized carbons (Fsp3) is 0.600. The van der Waals surface area contributed by atoms with Crippen molar-refractivity contribution in [2.45, 2.75) is 38.3 Å². The summed E-state index contributed by atoms with van der Waals surface area (Å²) < 4.78 is 0. The van der Waals surface area contributed by atoms with E-state index in [2.05, 4.69) is 10.3 Å². The smallest absolute Gasteiger partial charge is 0.317 e. The molecule has 2 heterocycles. The van der Waals surface area contributed by atoms with E-state index < -0.39 is 5.60 Å². The summed E-state index contributed by atoms with van der Waals surface area (Å²) in [6.07, 6.45) is 5.11. The Morgan fingerprint density at radius 1 is 1.48 bits per heavy atom. The van der Waals surface area contributed by atoms with E-state index in [9.17, 15) is 15.0 Å². The zero-order chi connectivity index (χ0) is 15.3. The summed E-state index contributed by atoms with van der Waals surface area (Å²) >= 11 is 0. The molecule has 116 valence electrons. The number of rotatable bonds is 3. The maximum absolute atomic E-state index is 12.2. The molecule has 1 aromatic rings. The zero-order valence-corrected chi connectivity index (χ0v) is 12.4. The number of hydrogen-bond acceptors (Lipinski definition) is 4. The number of pyridine rings is 1. The first kappa shape index (κ1) is 15.7. The quantitative estimate of drug-likeness (QED) is 0.770.